The molecule has 1 aromatic heterocycles. The van der Waals surface area contributed by atoms with E-state index >= 15 is 0 Å². The minimum absolute atomic E-state index is 0.000593. The highest BCUT2D eigenvalue weighted by Crippen LogP contribution is 2.19. The molecule has 1 aromatic carbocycles. The lowest BCUT2D eigenvalue weighted by atomic mass is 9.96. The SMILES string of the molecule is O=C(NCC1CCN(C(=O)c2ccoc2)CC1)Nc1ccc(Cl)cc1. The van der Waals surface area contributed by atoms with Crippen molar-refractivity contribution in [2.24, 2.45) is 5.92 Å². The van der Waals surface area contributed by atoms with Gasteiger partial charge in [0.1, 0.15) is 6.26 Å². The molecule has 1 aliphatic rings. The second-order valence-corrected chi connectivity index (χ2v) is 6.53. The number of furan rings is 1. The molecule has 132 valence electrons. The van der Waals surface area contributed by atoms with Crippen LogP contribution in [-0.2, 0) is 0 Å². The van der Waals surface area contributed by atoms with Crippen molar-refractivity contribution in [3.63, 3.8) is 0 Å². The summed E-state index contributed by atoms with van der Waals surface area (Å²) in [4.78, 5) is 26.0. The second-order valence-electron chi connectivity index (χ2n) is 6.09. The van der Waals surface area contributed by atoms with Gasteiger partial charge in [-0.1, -0.05) is 11.6 Å². The number of nitrogens with one attached hydrogen (secondary N) is 2. The van der Waals surface area contributed by atoms with Crippen molar-refractivity contribution in [3.05, 3.63) is 53.4 Å². The van der Waals surface area contributed by atoms with Crippen LogP contribution in [0.4, 0.5) is 10.5 Å². The Kier molecular flexibility index (Phi) is 5.60. The van der Waals surface area contributed by atoms with Crippen LogP contribution in [0.1, 0.15) is 23.2 Å². The van der Waals surface area contributed by atoms with Crippen molar-refractivity contribution in [1.82, 2.24) is 10.2 Å². The van der Waals surface area contributed by atoms with Crippen LogP contribution in [-0.4, -0.2) is 36.5 Å². The van der Waals surface area contributed by atoms with Crippen molar-refractivity contribution in [2.45, 2.75) is 12.8 Å². The minimum Gasteiger partial charge on any atom is -0.472 e. The predicted octanol–water partition coefficient (Wildman–Crippen LogP) is 3.61. The number of rotatable bonds is 4. The van der Waals surface area contributed by atoms with Gasteiger partial charge < -0.3 is 20.0 Å². The van der Waals surface area contributed by atoms with Gasteiger partial charge in [0, 0.05) is 30.3 Å². The van der Waals surface area contributed by atoms with E-state index in [9.17, 15) is 9.59 Å². The fourth-order valence-corrected chi connectivity index (χ4v) is 2.98. The van der Waals surface area contributed by atoms with Crippen LogP contribution in [0, 0.1) is 5.92 Å². The van der Waals surface area contributed by atoms with Gasteiger partial charge in [-0.15, -0.1) is 0 Å². The van der Waals surface area contributed by atoms with Crippen molar-refractivity contribution < 1.29 is 14.0 Å². The third-order valence-corrected chi connectivity index (χ3v) is 4.58. The van der Waals surface area contributed by atoms with Crippen LogP contribution in [0.15, 0.2) is 47.3 Å². The molecule has 3 amide bonds. The van der Waals surface area contributed by atoms with E-state index < -0.39 is 0 Å². The van der Waals surface area contributed by atoms with Crippen molar-refractivity contribution in [2.75, 3.05) is 25.0 Å². The lowest BCUT2D eigenvalue weighted by molar-refractivity contribution is 0.0690. The molecule has 1 saturated heterocycles. The maximum atomic E-state index is 12.2. The molecule has 6 nitrogen and oxygen atoms in total. The molecule has 0 atom stereocenters. The van der Waals surface area contributed by atoms with Crippen LogP contribution >= 0.6 is 11.6 Å². The van der Waals surface area contributed by atoms with E-state index in [0.29, 0.717) is 41.8 Å². The molecular weight excluding hydrogens is 342 g/mol. The van der Waals surface area contributed by atoms with Crippen molar-refractivity contribution in [3.8, 4) is 0 Å². The molecule has 1 fully saturated rings. The Morgan fingerprint density at radius 1 is 1.16 bits per heavy atom. The summed E-state index contributed by atoms with van der Waals surface area (Å²) in [6.07, 6.45) is 4.70. The fraction of sp³-hybridized carbons (Fsp3) is 0.333. The van der Waals surface area contributed by atoms with Crippen molar-refractivity contribution >= 4 is 29.2 Å². The molecule has 7 heteroatoms. The number of piperidine rings is 1. The summed E-state index contributed by atoms with van der Waals surface area (Å²) >= 11 is 5.82. The smallest absolute Gasteiger partial charge is 0.319 e. The monoisotopic (exact) mass is 361 g/mol. The fourth-order valence-electron chi connectivity index (χ4n) is 2.85. The summed E-state index contributed by atoms with van der Waals surface area (Å²) in [5.41, 5.74) is 1.28. The average molecular weight is 362 g/mol. The Labute approximate surface area is 151 Å². The zero-order chi connectivity index (χ0) is 17.6. The Morgan fingerprint density at radius 2 is 1.88 bits per heavy atom. The lowest BCUT2D eigenvalue weighted by Gasteiger charge is -2.31. The number of hydrogen-bond donors (Lipinski definition) is 2. The Bertz CT molecular complexity index is 708. The molecule has 2 heterocycles. The molecule has 3 rings (SSSR count). The Morgan fingerprint density at radius 3 is 2.52 bits per heavy atom. The summed E-state index contributed by atoms with van der Waals surface area (Å²) in [7, 11) is 0. The second kappa shape index (κ2) is 8.07. The largest absolute Gasteiger partial charge is 0.472 e. The number of anilines is 1. The van der Waals surface area contributed by atoms with Crippen LogP contribution in [0.2, 0.25) is 5.02 Å². The molecule has 2 aromatic rings. The molecule has 0 radical (unpaired) electrons. The van der Waals surface area contributed by atoms with E-state index in [2.05, 4.69) is 10.6 Å². The van der Waals surface area contributed by atoms with Crippen LogP contribution in [0.5, 0.6) is 0 Å². The van der Waals surface area contributed by atoms with Crippen LogP contribution in [0.25, 0.3) is 0 Å². The number of benzene rings is 1. The molecule has 25 heavy (non-hydrogen) atoms. The zero-order valence-electron chi connectivity index (χ0n) is 13.7. The lowest BCUT2D eigenvalue weighted by Crippen LogP contribution is -2.42. The zero-order valence-corrected chi connectivity index (χ0v) is 14.5. The third kappa shape index (κ3) is 4.76. The maximum Gasteiger partial charge on any atom is 0.319 e. The number of likely N-dealkylation sites (tertiary alicyclic amines) is 1. The summed E-state index contributed by atoms with van der Waals surface area (Å²) in [5.74, 6) is 0.366. The summed E-state index contributed by atoms with van der Waals surface area (Å²) in [6, 6.07) is 8.40. The van der Waals surface area contributed by atoms with Gasteiger partial charge in [-0.3, -0.25) is 4.79 Å². The van der Waals surface area contributed by atoms with Crippen molar-refractivity contribution in [1.29, 1.82) is 0 Å². The topological polar surface area (TPSA) is 74.6 Å². The first-order valence-corrected chi connectivity index (χ1v) is 8.61. The number of nitrogens with zero attached hydrogens (tertiary/aromatic N) is 1. The van der Waals surface area contributed by atoms with E-state index in [1.54, 1.807) is 30.3 Å². The normalized spacial score (nSPS) is 15.0. The molecule has 0 bridgehead atoms. The average Bonchev–Trinajstić information content (AvgIpc) is 3.16. The molecule has 2 N–H and O–H groups in total. The van der Waals surface area contributed by atoms with Gasteiger partial charge >= 0.3 is 6.03 Å². The quantitative estimate of drug-likeness (QED) is 0.873. The minimum atomic E-state index is -0.237. The van der Waals surface area contributed by atoms with Gasteiger partial charge in [-0.05, 0) is 49.1 Å². The number of urea groups is 1. The first-order valence-electron chi connectivity index (χ1n) is 8.24. The molecular formula is C18H20ClN3O3. The number of halogens is 1. The standard InChI is InChI=1S/C18H20ClN3O3/c19-15-1-3-16(4-2-15)21-18(24)20-11-13-5-8-22(9-6-13)17(23)14-7-10-25-12-14/h1-4,7,10,12-13H,5-6,8-9,11H2,(H2,20,21,24). The summed E-state index contributed by atoms with van der Waals surface area (Å²) in [6.45, 7) is 1.97. The highest BCUT2D eigenvalue weighted by molar-refractivity contribution is 6.30. The molecule has 1 aliphatic heterocycles. The Balaban J connectivity index is 1.39. The van der Waals surface area contributed by atoms with Gasteiger partial charge in [0.15, 0.2) is 0 Å². The molecule has 0 spiro atoms. The first-order chi connectivity index (χ1) is 12.1. The van der Waals surface area contributed by atoms with E-state index in [4.69, 9.17) is 16.0 Å². The number of carbonyl (C=O) groups excluding carboxylic acids is 2. The highest BCUT2D eigenvalue weighted by atomic mass is 35.5. The van der Waals surface area contributed by atoms with Crippen LogP contribution < -0.4 is 10.6 Å². The van der Waals surface area contributed by atoms with E-state index in [0.717, 1.165) is 12.8 Å². The van der Waals surface area contributed by atoms with Gasteiger partial charge in [0.2, 0.25) is 0 Å². The van der Waals surface area contributed by atoms with Gasteiger partial charge in [-0.25, -0.2) is 4.79 Å². The number of hydrogen-bond acceptors (Lipinski definition) is 3. The molecule has 0 aliphatic carbocycles. The number of amides is 3. The summed E-state index contributed by atoms with van der Waals surface area (Å²) < 4.78 is 4.96. The first kappa shape index (κ1) is 17.4. The maximum absolute atomic E-state index is 12.2. The van der Waals surface area contributed by atoms with Gasteiger partial charge in [0.25, 0.3) is 5.91 Å². The molecule has 0 saturated carbocycles. The van der Waals surface area contributed by atoms with E-state index in [1.165, 1.54) is 12.5 Å². The van der Waals surface area contributed by atoms with Gasteiger partial charge in [0.05, 0.1) is 11.8 Å². The third-order valence-electron chi connectivity index (χ3n) is 4.32. The van der Waals surface area contributed by atoms with Crippen LogP contribution in [0.3, 0.4) is 0 Å². The summed E-state index contributed by atoms with van der Waals surface area (Å²) in [5, 5.41) is 6.28. The predicted molar refractivity (Wildman–Crippen MR) is 95.8 cm³/mol. The van der Waals surface area contributed by atoms with E-state index in [1.807, 2.05) is 4.90 Å². The number of carbonyl (C=O) groups is 2. The van der Waals surface area contributed by atoms with Gasteiger partial charge in [-0.2, -0.15) is 0 Å². The Hall–Kier alpha value is -2.47. The highest BCUT2D eigenvalue weighted by Gasteiger charge is 2.24. The molecule has 0 unspecified atom stereocenters. The van der Waals surface area contributed by atoms with E-state index in [-0.39, 0.29) is 11.9 Å².